The zero-order valence-electron chi connectivity index (χ0n) is 12.2. The van der Waals surface area contributed by atoms with Crippen LogP contribution in [0.25, 0.3) is 0 Å². The standard InChI is InChI=1S/C14H25N3O2/c1-4-8-15-12(2)7-5-6-9-17-11-10-16(3)13(18)14(17)19/h10-12,15H,4-9H2,1-3H3. The first-order chi connectivity index (χ1) is 9.06. The minimum absolute atomic E-state index is 0.429. The Morgan fingerprint density at radius 1 is 1.21 bits per heavy atom. The third kappa shape index (κ3) is 5.03. The number of unbranched alkanes of at least 4 members (excludes halogenated alkanes) is 1. The maximum atomic E-state index is 11.7. The zero-order chi connectivity index (χ0) is 14.3. The molecular weight excluding hydrogens is 242 g/mol. The minimum Gasteiger partial charge on any atom is -0.314 e. The van der Waals surface area contributed by atoms with Gasteiger partial charge in [-0.1, -0.05) is 13.3 Å². The monoisotopic (exact) mass is 267 g/mol. The molecule has 1 unspecified atom stereocenters. The molecule has 5 nitrogen and oxygen atoms in total. The summed E-state index contributed by atoms with van der Waals surface area (Å²) in [6.45, 7) is 6.01. The van der Waals surface area contributed by atoms with Crippen molar-refractivity contribution in [1.82, 2.24) is 14.5 Å². The quantitative estimate of drug-likeness (QED) is 0.567. The molecule has 1 N–H and O–H groups in total. The molecule has 19 heavy (non-hydrogen) atoms. The van der Waals surface area contributed by atoms with Crippen LogP contribution in [0.1, 0.15) is 39.5 Å². The first-order valence-corrected chi connectivity index (χ1v) is 7.05. The second-order valence-electron chi connectivity index (χ2n) is 5.06. The normalized spacial score (nSPS) is 12.6. The summed E-state index contributed by atoms with van der Waals surface area (Å²) < 4.78 is 2.82. The van der Waals surface area contributed by atoms with Crippen molar-refractivity contribution in [3.63, 3.8) is 0 Å². The van der Waals surface area contributed by atoms with Gasteiger partial charge in [-0.2, -0.15) is 0 Å². The average molecular weight is 267 g/mol. The van der Waals surface area contributed by atoms with E-state index < -0.39 is 11.1 Å². The molecule has 1 aromatic rings. The fourth-order valence-corrected chi connectivity index (χ4v) is 1.99. The second-order valence-corrected chi connectivity index (χ2v) is 5.06. The molecule has 0 saturated heterocycles. The van der Waals surface area contributed by atoms with E-state index in [4.69, 9.17) is 0 Å². The van der Waals surface area contributed by atoms with E-state index >= 15 is 0 Å². The van der Waals surface area contributed by atoms with Crippen LogP contribution in [0, 0.1) is 0 Å². The lowest BCUT2D eigenvalue weighted by molar-refractivity contribution is 0.471. The summed E-state index contributed by atoms with van der Waals surface area (Å²) in [5, 5.41) is 3.44. The number of nitrogens with zero attached hydrogens (tertiary/aromatic N) is 2. The van der Waals surface area contributed by atoms with E-state index in [-0.39, 0.29) is 0 Å². The van der Waals surface area contributed by atoms with Gasteiger partial charge in [0, 0.05) is 32.0 Å². The molecule has 0 saturated carbocycles. The van der Waals surface area contributed by atoms with E-state index in [0.29, 0.717) is 12.6 Å². The Hall–Kier alpha value is -1.36. The zero-order valence-corrected chi connectivity index (χ0v) is 12.2. The van der Waals surface area contributed by atoms with Crippen molar-refractivity contribution in [1.29, 1.82) is 0 Å². The van der Waals surface area contributed by atoms with Crippen LogP contribution >= 0.6 is 0 Å². The summed E-state index contributed by atoms with van der Waals surface area (Å²) in [5.41, 5.74) is -0.886. The van der Waals surface area contributed by atoms with E-state index in [1.54, 1.807) is 19.4 Å². The molecule has 0 aliphatic heterocycles. The average Bonchev–Trinajstić information content (AvgIpc) is 2.40. The molecule has 0 spiro atoms. The van der Waals surface area contributed by atoms with Crippen LogP contribution in [0.2, 0.25) is 0 Å². The summed E-state index contributed by atoms with van der Waals surface area (Å²) in [4.78, 5) is 23.1. The van der Waals surface area contributed by atoms with Gasteiger partial charge in [-0.25, -0.2) is 0 Å². The van der Waals surface area contributed by atoms with Gasteiger partial charge in [0.1, 0.15) is 0 Å². The molecule has 0 amide bonds. The summed E-state index contributed by atoms with van der Waals surface area (Å²) in [5.74, 6) is 0. The Kier molecular flexibility index (Phi) is 6.56. The number of hydrogen-bond donors (Lipinski definition) is 1. The number of hydrogen-bond acceptors (Lipinski definition) is 3. The van der Waals surface area contributed by atoms with Crippen LogP contribution in [0.15, 0.2) is 22.0 Å². The van der Waals surface area contributed by atoms with Crippen molar-refractivity contribution >= 4 is 0 Å². The Balaban J connectivity index is 2.36. The SMILES string of the molecule is CCCNC(C)CCCCn1ccn(C)c(=O)c1=O. The molecule has 1 rings (SSSR count). The molecule has 108 valence electrons. The molecule has 1 atom stereocenters. The second kappa shape index (κ2) is 7.94. The first kappa shape index (κ1) is 15.7. The van der Waals surface area contributed by atoms with Crippen LogP contribution < -0.4 is 16.4 Å². The van der Waals surface area contributed by atoms with Gasteiger partial charge in [0.2, 0.25) is 0 Å². The number of rotatable bonds is 8. The largest absolute Gasteiger partial charge is 0.316 e. The van der Waals surface area contributed by atoms with Crippen molar-refractivity contribution < 1.29 is 0 Å². The van der Waals surface area contributed by atoms with Crippen molar-refractivity contribution in [3.8, 4) is 0 Å². The lowest BCUT2D eigenvalue weighted by Crippen LogP contribution is -2.39. The van der Waals surface area contributed by atoms with Gasteiger partial charge < -0.3 is 14.5 Å². The highest BCUT2D eigenvalue weighted by Crippen LogP contribution is 2.01. The van der Waals surface area contributed by atoms with E-state index in [0.717, 1.165) is 32.2 Å². The molecule has 1 heterocycles. The molecule has 1 aromatic heterocycles. The van der Waals surface area contributed by atoms with E-state index in [1.807, 2.05) is 0 Å². The minimum atomic E-state index is -0.458. The highest BCUT2D eigenvalue weighted by Gasteiger charge is 2.03. The van der Waals surface area contributed by atoms with E-state index in [1.165, 1.54) is 9.13 Å². The van der Waals surface area contributed by atoms with E-state index in [9.17, 15) is 9.59 Å². The Morgan fingerprint density at radius 2 is 1.95 bits per heavy atom. The lowest BCUT2D eigenvalue weighted by atomic mass is 10.1. The third-order valence-electron chi connectivity index (χ3n) is 3.26. The van der Waals surface area contributed by atoms with Gasteiger partial charge in [-0.15, -0.1) is 0 Å². The number of aromatic nitrogens is 2. The molecule has 0 radical (unpaired) electrons. The summed E-state index contributed by atoms with van der Waals surface area (Å²) in [6, 6.07) is 0.514. The summed E-state index contributed by atoms with van der Waals surface area (Å²) in [6.07, 6.45) is 7.54. The third-order valence-corrected chi connectivity index (χ3v) is 3.26. The van der Waals surface area contributed by atoms with Gasteiger partial charge >= 0.3 is 11.1 Å². The molecule has 0 fully saturated rings. The van der Waals surface area contributed by atoms with Crippen molar-refractivity contribution in [3.05, 3.63) is 33.1 Å². The highest BCUT2D eigenvalue weighted by atomic mass is 16.2. The number of aryl methyl sites for hydroxylation is 2. The maximum absolute atomic E-state index is 11.7. The first-order valence-electron chi connectivity index (χ1n) is 7.05. The molecular formula is C14H25N3O2. The Morgan fingerprint density at radius 3 is 2.63 bits per heavy atom. The lowest BCUT2D eigenvalue weighted by Gasteiger charge is -2.13. The predicted molar refractivity (Wildman–Crippen MR) is 77.5 cm³/mol. The topological polar surface area (TPSA) is 56.0 Å². The van der Waals surface area contributed by atoms with Crippen molar-refractivity contribution in [2.75, 3.05) is 6.54 Å². The Bertz CT molecular complexity index is 490. The van der Waals surface area contributed by atoms with E-state index in [2.05, 4.69) is 19.2 Å². The van der Waals surface area contributed by atoms with Crippen LogP contribution in [0.3, 0.4) is 0 Å². The van der Waals surface area contributed by atoms with Crippen molar-refractivity contribution in [2.45, 2.75) is 52.1 Å². The van der Waals surface area contributed by atoms with Crippen LogP contribution in [0.4, 0.5) is 0 Å². The van der Waals surface area contributed by atoms with Crippen molar-refractivity contribution in [2.24, 2.45) is 7.05 Å². The van der Waals surface area contributed by atoms with Gasteiger partial charge in [0.05, 0.1) is 0 Å². The summed E-state index contributed by atoms with van der Waals surface area (Å²) in [7, 11) is 1.59. The smallest absolute Gasteiger partial charge is 0.314 e. The van der Waals surface area contributed by atoms with Crippen LogP contribution in [0.5, 0.6) is 0 Å². The number of nitrogens with one attached hydrogen (secondary N) is 1. The summed E-state index contributed by atoms with van der Waals surface area (Å²) >= 11 is 0. The fraction of sp³-hybridized carbons (Fsp3) is 0.714. The van der Waals surface area contributed by atoms with Crippen LogP contribution in [-0.2, 0) is 13.6 Å². The van der Waals surface area contributed by atoms with Gasteiger partial charge in [-0.05, 0) is 32.7 Å². The van der Waals surface area contributed by atoms with Crippen LogP contribution in [-0.4, -0.2) is 21.7 Å². The molecule has 0 aliphatic carbocycles. The van der Waals surface area contributed by atoms with Gasteiger partial charge in [-0.3, -0.25) is 9.59 Å². The highest BCUT2D eigenvalue weighted by molar-refractivity contribution is 4.84. The van der Waals surface area contributed by atoms with Gasteiger partial charge in [0.25, 0.3) is 0 Å². The molecule has 0 aliphatic rings. The molecule has 5 heteroatoms. The maximum Gasteiger partial charge on any atom is 0.316 e. The molecule has 0 bridgehead atoms. The van der Waals surface area contributed by atoms with Gasteiger partial charge in [0.15, 0.2) is 0 Å². The molecule has 0 aromatic carbocycles. The Labute approximate surface area is 114 Å². The fourth-order valence-electron chi connectivity index (χ4n) is 1.99. The predicted octanol–water partition coefficient (Wildman–Crippen LogP) is 1.11.